The summed E-state index contributed by atoms with van der Waals surface area (Å²) in [5.41, 5.74) is 1.51. The number of hydrogen-bond acceptors (Lipinski definition) is 6. The molecule has 3 rings (SSSR count). The first-order chi connectivity index (χ1) is 11.1. The molecule has 2 amide bonds. The molecule has 2 aromatic rings. The molecule has 1 aliphatic heterocycles. The average molecular weight is 316 g/mol. The molecular formula is C15H16N4O4. The van der Waals surface area contributed by atoms with Crippen LogP contribution in [0.1, 0.15) is 5.76 Å². The van der Waals surface area contributed by atoms with Crippen LogP contribution in [-0.4, -0.2) is 58.7 Å². The van der Waals surface area contributed by atoms with Crippen LogP contribution in [-0.2, 0) is 16.1 Å². The molecular weight excluding hydrogens is 300 g/mol. The van der Waals surface area contributed by atoms with Crippen LogP contribution in [0.25, 0.3) is 11.3 Å². The number of hydrogen-bond donors (Lipinski definition) is 0. The van der Waals surface area contributed by atoms with Crippen molar-refractivity contribution in [3.63, 3.8) is 0 Å². The number of rotatable bonds is 5. The van der Waals surface area contributed by atoms with Crippen molar-refractivity contribution in [2.75, 3.05) is 26.7 Å². The van der Waals surface area contributed by atoms with Gasteiger partial charge in [0.25, 0.3) is 0 Å². The predicted molar refractivity (Wildman–Crippen MR) is 79.1 cm³/mol. The summed E-state index contributed by atoms with van der Waals surface area (Å²) >= 11 is 0. The van der Waals surface area contributed by atoms with Gasteiger partial charge in [-0.25, -0.2) is 4.79 Å². The number of aromatic nitrogens is 2. The number of likely N-dealkylation sites (N-methyl/N-ethyl adjacent to an activating group) is 1. The fourth-order valence-corrected chi connectivity index (χ4v) is 2.21. The van der Waals surface area contributed by atoms with Crippen molar-refractivity contribution >= 4 is 12.0 Å². The zero-order chi connectivity index (χ0) is 16.2. The Bertz CT molecular complexity index is 701. The Kier molecular flexibility index (Phi) is 4.22. The first kappa shape index (κ1) is 15.0. The van der Waals surface area contributed by atoms with E-state index in [2.05, 4.69) is 10.1 Å². The highest BCUT2D eigenvalue weighted by Crippen LogP contribution is 2.18. The van der Waals surface area contributed by atoms with E-state index in [-0.39, 0.29) is 19.0 Å². The monoisotopic (exact) mass is 316 g/mol. The van der Waals surface area contributed by atoms with Gasteiger partial charge >= 0.3 is 6.09 Å². The van der Waals surface area contributed by atoms with Crippen LogP contribution in [0, 0.1) is 0 Å². The number of amides is 2. The maximum absolute atomic E-state index is 12.1. The highest BCUT2D eigenvalue weighted by atomic mass is 16.6. The molecule has 0 atom stereocenters. The number of nitrogens with zero attached hydrogens (tertiary/aromatic N) is 4. The first-order valence-electron chi connectivity index (χ1n) is 7.15. The smallest absolute Gasteiger partial charge is 0.410 e. The third-order valence-electron chi connectivity index (χ3n) is 3.51. The lowest BCUT2D eigenvalue weighted by molar-refractivity contribution is -0.131. The van der Waals surface area contributed by atoms with E-state index in [0.717, 1.165) is 5.56 Å². The van der Waals surface area contributed by atoms with Crippen molar-refractivity contribution in [2.24, 2.45) is 0 Å². The summed E-state index contributed by atoms with van der Waals surface area (Å²) in [5, 5.41) is 3.98. The molecule has 23 heavy (non-hydrogen) atoms. The molecule has 0 aromatic carbocycles. The zero-order valence-corrected chi connectivity index (χ0v) is 12.6. The molecule has 0 spiro atoms. The van der Waals surface area contributed by atoms with E-state index in [4.69, 9.17) is 9.26 Å². The minimum Gasteiger partial charge on any atom is -0.448 e. The molecule has 0 radical (unpaired) electrons. The van der Waals surface area contributed by atoms with Crippen molar-refractivity contribution in [1.82, 2.24) is 19.9 Å². The first-order valence-corrected chi connectivity index (χ1v) is 7.15. The highest BCUT2D eigenvalue weighted by Gasteiger charge is 2.25. The number of cyclic esters (lactones) is 1. The third-order valence-corrected chi connectivity index (χ3v) is 3.51. The predicted octanol–water partition coefficient (Wildman–Crippen LogP) is 1.15. The fourth-order valence-electron chi connectivity index (χ4n) is 2.21. The number of ether oxygens (including phenoxy) is 1. The van der Waals surface area contributed by atoms with E-state index in [0.29, 0.717) is 24.6 Å². The van der Waals surface area contributed by atoms with Gasteiger partial charge in [-0.3, -0.25) is 14.7 Å². The van der Waals surface area contributed by atoms with Crippen LogP contribution in [0.15, 0.2) is 35.1 Å². The van der Waals surface area contributed by atoms with E-state index in [1.54, 1.807) is 25.5 Å². The summed E-state index contributed by atoms with van der Waals surface area (Å²) in [7, 11) is 1.65. The molecule has 8 heteroatoms. The summed E-state index contributed by atoms with van der Waals surface area (Å²) in [6.45, 7) is 1.03. The molecule has 1 aliphatic rings. The zero-order valence-electron chi connectivity index (χ0n) is 12.6. The van der Waals surface area contributed by atoms with E-state index in [1.165, 1.54) is 9.80 Å². The van der Waals surface area contributed by atoms with Gasteiger partial charge in [-0.1, -0.05) is 5.16 Å². The van der Waals surface area contributed by atoms with Gasteiger partial charge in [0.1, 0.15) is 18.8 Å². The average Bonchev–Trinajstić information content (AvgIpc) is 3.18. The summed E-state index contributed by atoms with van der Waals surface area (Å²) in [6.07, 6.45) is 2.92. The second-order valence-electron chi connectivity index (χ2n) is 5.21. The second-order valence-corrected chi connectivity index (χ2v) is 5.21. The Labute approximate surface area is 132 Å². The Hall–Kier alpha value is -2.90. The minimum atomic E-state index is -0.453. The van der Waals surface area contributed by atoms with Crippen LogP contribution in [0.5, 0.6) is 0 Å². The Morgan fingerprint density at radius 3 is 3.04 bits per heavy atom. The fraction of sp³-hybridized carbons (Fsp3) is 0.333. The van der Waals surface area contributed by atoms with Crippen molar-refractivity contribution in [3.8, 4) is 11.3 Å². The van der Waals surface area contributed by atoms with Gasteiger partial charge in [0.2, 0.25) is 5.91 Å². The van der Waals surface area contributed by atoms with E-state index >= 15 is 0 Å². The summed E-state index contributed by atoms with van der Waals surface area (Å²) in [4.78, 5) is 30.4. The molecule has 3 heterocycles. The summed E-state index contributed by atoms with van der Waals surface area (Å²) in [5.74, 6) is 0.367. The summed E-state index contributed by atoms with van der Waals surface area (Å²) < 4.78 is 10.1. The second kappa shape index (κ2) is 6.47. The van der Waals surface area contributed by atoms with Crippen LogP contribution in [0.3, 0.4) is 0 Å². The minimum absolute atomic E-state index is 0.00106. The highest BCUT2D eigenvalue weighted by molar-refractivity contribution is 5.82. The topological polar surface area (TPSA) is 88.8 Å². The SMILES string of the molecule is CN(Cc1cc(-c2cccnc2)no1)C(=O)CN1CCOC1=O. The normalized spacial score (nSPS) is 14.0. The van der Waals surface area contributed by atoms with E-state index in [9.17, 15) is 9.59 Å². The van der Waals surface area contributed by atoms with Gasteiger partial charge in [0.05, 0.1) is 13.1 Å². The lowest BCUT2D eigenvalue weighted by atomic mass is 10.2. The van der Waals surface area contributed by atoms with Crippen molar-refractivity contribution in [3.05, 3.63) is 36.4 Å². The van der Waals surface area contributed by atoms with Crippen LogP contribution >= 0.6 is 0 Å². The van der Waals surface area contributed by atoms with E-state index in [1.807, 2.05) is 12.1 Å². The quantitative estimate of drug-likeness (QED) is 0.822. The largest absolute Gasteiger partial charge is 0.448 e. The molecule has 0 bridgehead atoms. The van der Waals surface area contributed by atoms with E-state index < -0.39 is 6.09 Å². The molecule has 0 unspecified atom stereocenters. The Morgan fingerprint density at radius 1 is 1.48 bits per heavy atom. The Balaban J connectivity index is 1.59. The van der Waals surface area contributed by atoms with Gasteiger partial charge in [-0.2, -0.15) is 0 Å². The van der Waals surface area contributed by atoms with Crippen molar-refractivity contribution < 1.29 is 18.8 Å². The lowest BCUT2D eigenvalue weighted by Crippen LogP contribution is -2.38. The van der Waals surface area contributed by atoms with Crippen molar-refractivity contribution in [2.45, 2.75) is 6.54 Å². The van der Waals surface area contributed by atoms with Gasteiger partial charge in [0, 0.05) is 31.1 Å². The number of carbonyl (C=O) groups excluding carboxylic acids is 2. The standard InChI is InChI=1S/C15H16N4O4/c1-18(14(20)10-19-5-6-22-15(19)21)9-12-7-13(17-23-12)11-3-2-4-16-8-11/h2-4,7-8H,5-6,9-10H2,1H3. The molecule has 0 saturated carbocycles. The van der Waals surface area contributed by atoms with Gasteiger partial charge in [-0.15, -0.1) is 0 Å². The van der Waals surface area contributed by atoms with Crippen molar-refractivity contribution in [1.29, 1.82) is 0 Å². The number of carbonyl (C=O) groups is 2. The van der Waals surface area contributed by atoms with Crippen LogP contribution < -0.4 is 0 Å². The number of pyridine rings is 1. The molecule has 0 aliphatic carbocycles. The third kappa shape index (κ3) is 3.47. The molecule has 0 N–H and O–H groups in total. The molecule has 120 valence electrons. The molecule has 8 nitrogen and oxygen atoms in total. The van der Waals surface area contributed by atoms with Gasteiger partial charge in [0.15, 0.2) is 5.76 Å². The molecule has 2 aromatic heterocycles. The Morgan fingerprint density at radius 2 is 2.35 bits per heavy atom. The lowest BCUT2D eigenvalue weighted by Gasteiger charge is -2.18. The summed E-state index contributed by atoms with van der Waals surface area (Å²) in [6, 6.07) is 5.46. The maximum Gasteiger partial charge on any atom is 0.410 e. The van der Waals surface area contributed by atoms with Gasteiger partial charge in [-0.05, 0) is 12.1 Å². The maximum atomic E-state index is 12.1. The van der Waals surface area contributed by atoms with Crippen LogP contribution in [0.4, 0.5) is 4.79 Å². The molecule has 1 saturated heterocycles. The molecule has 1 fully saturated rings. The van der Waals surface area contributed by atoms with Gasteiger partial charge < -0.3 is 14.2 Å². The van der Waals surface area contributed by atoms with Crippen LogP contribution in [0.2, 0.25) is 0 Å².